The van der Waals surface area contributed by atoms with Crippen molar-refractivity contribution in [2.45, 2.75) is 31.6 Å². The smallest absolute Gasteiger partial charge is 0.338 e. The van der Waals surface area contributed by atoms with E-state index in [-0.39, 0.29) is 5.56 Å². The van der Waals surface area contributed by atoms with E-state index in [1.54, 1.807) is 11.3 Å². The van der Waals surface area contributed by atoms with Crippen molar-refractivity contribution in [1.82, 2.24) is 4.98 Å². The molecule has 2 aromatic rings. The fourth-order valence-electron chi connectivity index (χ4n) is 2.34. The molecule has 2 aromatic heterocycles. The molecule has 18 heavy (non-hydrogen) atoms. The molecule has 0 spiro atoms. The number of carbonyl (C=O) groups is 1. The predicted molar refractivity (Wildman–Crippen MR) is 68.0 cm³/mol. The van der Waals surface area contributed by atoms with Gasteiger partial charge in [0.2, 0.25) is 0 Å². The lowest BCUT2D eigenvalue weighted by Gasteiger charge is -2.02. The Labute approximate surface area is 108 Å². The Kier molecular flexibility index (Phi) is 2.91. The van der Waals surface area contributed by atoms with Gasteiger partial charge in [-0.3, -0.25) is 0 Å². The van der Waals surface area contributed by atoms with Gasteiger partial charge in [-0.25, -0.2) is 9.78 Å². The minimum absolute atomic E-state index is 0.167. The fourth-order valence-corrected chi connectivity index (χ4v) is 3.32. The molecule has 2 heterocycles. The molecule has 0 aromatic carbocycles. The quantitative estimate of drug-likeness (QED) is 0.915. The highest BCUT2D eigenvalue weighted by molar-refractivity contribution is 7.10. The lowest BCUT2D eigenvalue weighted by atomic mass is 10.1. The van der Waals surface area contributed by atoms with E-state index in [2.05, 4.69) is 4.98 Å². The summed E-state index contributed by atoms with van der Waals surface area (Å²) in [6.45, 7) is 0. The minimum atomic E-state index is -0.976. The lowest BCUT2D eigenvalue weighted by Crippen LogP contribution is -1.92. The van der Waals surface area contributed by atoms with Crippen molar-refractivity contribution in [3.8, 4) is 11.5 Å². The maximum absolute atomic E-state index is 10.8. The van der Waals surface area contributed by atoms with E-state index >= 15 is 0 Å². The first-order valence-corrected chi connectivity index (χ1v) is 6.89. The van der Waals surface area contributed by atoms with Crippen LogP contribution in [-0.2, 0) is 0 Å². The lowest BCUT2D eigenvalue weighted by molar-refractivity contribution is 0.0696. The molecule has 0 saturated heterocycles. The molecular weight excluding hydrogens is 250 g/mol. The Bertz CT molecular complexity index is 566. The third kappa shape index (κ3) is 2.06. The number of hydrogen-bond donors (Lipinski definition) is 1. The highest BCUT2D eigenvalue weighted by atomic mass is 32.1. The van der Waals surface area contributed by atoms with Gasteiger partial charge >= 0.3 is 5.97 Å². The van der Waals surface area contributed by atoms with Crippen molar-refractivity contribution in [2.24, 2.45) is 0 Å². The predicted octanol–water partition coefficient (Wildman–Crippen LogP) is 3.76. The van der Waals surface area contributed by atoms with Crippen LogP contribution in [0, 0.1) is 0 Å². The van der Waals surface area contributed by atoms with E-state index in [0.717, 1.165) is 10.7 Å². The number of furan rings is 1. The van der Waals surface area contributed by atoms with E-state index in [9.17, 15) is 4.79 Å². The van der Waals surface area contributed by atoms with Crippen LogP contribution < -0.4 is 0 Å². The highest BCUT2D eigenvalue weighted by Crippen LogP contribution is 2.37. The fraction of sp³-hybridized carbons (Fsp3) is 0.385. The van der Waals surface area contributed by atoms with Gasteiger partial charge in [0.05, 0.1) is 10.6 Å². The second-order valence-corrected chi connectivity index (χ2v) is 5.45. The number of hydrogen-bond acceptors (Lipinski definition) is 4. The van der Waals surface area contributed by atoms with E-state index in [1.807, 2.05) is 5.38 Å². The summed E-state index contributed by atoms with van der Waals surface area (Å²) in [6.07, 6.45) is 6.25. The summed E-state index contributed by atoms with van der Waals surface area (Å²) in [4.78, 5) is 15.3. The molecule has 4 nitrogen and oxygen atoms in total. The Hall–Kier alpha value is -1.62. The average molecular weight is 263 g/mol. The third-order valence-electron chi connectivity index (χ3n) is 3.33. The summed E-state index contributed by atoms with van der Waals surface area (Å²) in [5, 5.41) is 11.9. The molecule has 1 saturated carbocycles. The van der Waals surface area contributed by atoms with Crippen LogP contribution in [0.4, 0.5) is 0 Å². The van der Waals surface area contributed by atoms with Crippen LogP contribution in [0.5, 0.6) is 0 Å². The van der Waals surface area contributed by atoms with E-state index < -0.39 is 5.97 Å². The van der Waals surface area contributed by atoms with Crippen molar-refractivity contribution >= 4 is 17.3 Å². The second-order valence-electron chi connectivity index (χ2n) is 4.56. The molecule has 0 radical (unpaired) electrons. The summed E-state index contributed by atoms with van der Waals surface area (Å²) in [7, 11) is 0. The zero-order valence-electron chi connectivity index (χ0n) is 9.76. The number of aromatic nitrogens is 1. The van der Waals surface area contributed by atoms with E-state index in [0.29, 0.717) is 11.7 Å². The Morgan fingerprint density at radius 3 is 2.89 bits per heavy atom. The average Bonchev–Trinajstić information content (AvgIpc) is 3.10. The Morgan fingerprint density at radius 2 is 2.22 bits per heavy atom. The molecule has 0 amide bonds. The maximum atomic E-state index is 10.8. The Balaban J connectivity index is 1.85. The number of nitrogens with zero attached hydrogens (tertiary/aromatic N) is 1. The normalized spacial score (nSPS) is 16.2. The van der Waals surface area contributed by atoms with Crippen molar-refractivity contribution in [3.63, 3.8) is 0 Å². The first kappa shape index (κ1) is 11.5. The molecule has 3 rings (SSSR count). The van der Waals surface area contributed by atoms with Crippen LogP contribution >= 0.6 is 11.3 Å². The molecule has 1 N–H and O–H groups in total. The van der Waals surface area contributed by atoms with Crippen LogP contribution in [-0.4, -0.2) is 16.1 Å². The molecule has 0 unspecified atom stereocenters. The molecule has 0 bridgehead atoms. The molecule has 0 atom stereocenters. The van der Waals surface area contributed by atoms with Gasteiger partial charge < -0.3 is 9.52 Å². The number of carboxylic acid groups (broad SMARTS) is 1. The van der Waals surface area contributed by atoms with Gasteiger partial charge in [-0.05, 0) is 12.8 Å². The number of aromatic carboxylic acids is 1. The second kappa shape index (κ2) is 4.57. The molecule has 0 aliphatic heterocycles. The van der Waals surface area contributed by atoms with E-state index in [4.69, 9.17) is 9.52 Å². The van der Waals surface area contributed by atoms with Gasteiger partial charge in [-0.2, -0.15) is 0 Å². The summed E-state index contributed by atoms with van der Waals surface area (Å²) in [6, 6.07) is 1.52. The van der Waals surface area contributed by atoms with Crippen molar-refractivity contribution < 1.29 is 14.3 Å². The molecule has 5 heteroatoms. The molecule has 1 aliphatic rings. The van der Waals surface area contributed by atoms with Crippen LogP contribution in [0.1, 0.15) is 47.0 Å². The summed E-state index contributed by atoms with van der Waals surface area (Å²) in [5.41, 5.74) is 0.912. The first-order valence-electron chi connectivity index (χ1n) is 6.01. The first-order chi connectivity index (χ1) is 8.74. The van der Waals surface area contributed by atoms with Gasteiger partial charge in [0, 0.05) is 17.4 Å². The SMILES string of the molecule is O=C(O)c1coc(-c2csc(C3CCCC3)n2)c1. The van der Waals surface area contributed by atoms with Crippen molar-refractivity contribution in [1.29, 1.82) is 0 Å². The number of rotatable bonds is 3. The maximum Gasteiger partial charge on any atom is 0.338 e. The van der Waals surface area contributed by atoms with Crippen LogP contribution in [0.2, 0.25) is 0 Å². The standard InChI is InChI=1S/C13H13NO3S/c15-13(16)9-5-11(17-6-9)10-7-18-12(14-10)8-3-1-2-4-8/h5-8H,1-4H2,(H,15,16). The molecule has 1 fully saturated rings. The van der Waals surface area contributed by atoms with Crippen LogP contribution in [0.25, 0.3) is 11.5 Å². The molecule has 94 valence electrons. The third-order valence-corrected chi connectivity index (χ3v) is 4.33. The zero-order valence-corrected chi connectivity index (χ0v) is 10.6. The topological polar surface area (TPSA) is 63.3 Å². The van der Waals surface area contributed by atoms with Gasteiger partial charge in [0.1, 0.15) is 12.0 Å². The Morgan fingerprint density at radius 1 is 1.44 bits per heavy atom. The molecule has 1 aliphatic carbocycles. The van der Waals surface area contributed by atoms with E-state index in [1.165, 1.54) is 38.0 Å². The highest BCUT2D eigenvalue weighted by Gasteiger charge is 2.21. The monoisotopic (exact) mass is 263 g/mol. The minimum Gasteiger partial charge on any atom is -0.478 e. The molecular formula is C13H13NO3S. The summed E-state index contributed by atoms with van der Waals surface area (Å²) >= 11 is 1.64. The number of thiazole rings is 1. The zero-order chi connectivity index (χ0) is 12.5. The van der Waals surface area contributed by atoms with Crippen LogP contribution in [0.3, 0.4) is 0 Å². The van der Waals surface area contributed by atoms with Crippen molar-refractivity contribution in [3.05, 3.63) is 28.3 Å². The van der Waals surface area contributed by atoms with Crippen LogP contribution in [0.15, 0.2) is 22.1 Å². The van der Waals surface area contributed by atoms with Gasteiger partial charge in [-0.15, -0.1) is 11.3 Å². The van der Waals surface area contributed by atoms with Gasteiger partial charge in [0.25, 0.3) is 0 Å². The summed E-state index contributed by atoms with van der Waals surface area (Å²) in [5.74, 6) is 0.141. The van der Waals surface area contributed by atoms with Gasteiger partial charge in [0.15, 0.2) is 5.76 Å². The number of carboxylic acids is 1. The van der Waals surface area contributed by atoms with Crippen molar-refractivity contribution in [2.75, 3.05) is 0 Å². The largest absolute Gasteiger partial charge is 0.478 e. The summed E-state index contributed by atoms with van der Waals surface area (Å²) < 4.78 is 5.25. The van der Waals surface area contributed by atoms with Gasteiger partial charge in [-0.1, -0.05) is 12.8 Å².